The lowest BCUT2D eigenvalue weighted by molar-refractivity contribution is 0.669. The van der Waals surface area contributed by atoms with Crippen LogP contribution in [0, 0.1) is 0 Å². The van der Waals surface area contributed by atoms with Crippen LogP contribution in [0.3, 0.4) is 0 Å². The fourth-order valence-corrected chi connectivity index (χ4v) is 9.73. The topological polar surface area (TPSA) is 34.5 Å². The van der Waals surface area contributed by atoms with Crippen LogP contribution < -0.4 is 4.90 Å². The summed E-state index contributed by atoms with van der Waals surface area (Å²) in [6.07, 6.45) is 0. The van der Waals surface area contributed by atoms with Crippen LogP contribution in [0.15, 0.2) is 239 Å². The molecule has 0 radical (unpaired) electrons. The van der Waals surface area contributed by atoms with Crippen molar-refractivity contribution < 1.29 is 8.83 Å². The molecule has 3 heterocycles. The molecule has 0 saturated heterocycles. The highest BCUT2D eigenvalue weighted by Gasteiger charge is 2.19. The van der Waals surface area contributed by atoms with Gasteiger partial charge in [0, 0.05) is 60.6 Å². The van der Waals surface area contributed by atoms with Crippen molar-refractivity contribution in [3.05, 3.63) is 231 Å². The summed E-state index contributed by atoms with van der Waals surface area (Å²) in [5.41, 5.74) is 17.0. The molecule has 0 aliphatic rings. The predicted molar refractivity (Wildman–Crippen MR) is 266 cm³/mol. The molecule has 0 bridgehead atoms. The lowest BCUT2D eigenvalue weighted by Crippen LogP contribution is -2.10. The van der Waals surface area contributed by atoms with Gasteiger partial charge in [0.1, 0.15) is 22.3 Å². The maximum Gasteiger partial charge on any atom is 0.143 e. The molecule has 3 aromatic heterocycles. The maximum absolute atomic E-state index is 6.52. The van der Waals surface area contributed by atoms with Crippen molar-refractivity contribution in [2.45, 2.75) is 0 Å². The van der Waals surface area contributed by atoms with E-state index in [1.54, 1.807) is 0 Å². The van der Waals surface area contributed by atoms with Crippen molar-refractivity contribution in [2.24, 2.45) is 0 Å². The van der Waals surface area contributed by atoms with Crippen LogP contribution in [0.4, 0.5) is 17.1 Å². The fourth-order valence-electron chi connectivity index (χ4n) is 9.73. The number of hydrogen-bond donors (Lipinski definition) is 0. The van der Waals surface area contributed by atoms with Crippen LogP contribution in [0.2, 0.25) is 0 Å². The third-order valence-electron chi connectivity index (χ3n) is 12.8. The largest absolute Gasteiger partial charge is 0.456 e. The molecule has 0 aliphatic heterocycles. The van der Waals surface area contributed by atoms with E-state index in [1.807, 2.05) is 18.2 Å². The van der Waals surface area contributed by atoms with Crippen LogP contribution in [0.25, 0.3) is 105 Å². The van der Waals surface area contributed by atoms with Gasteiger partial charge in [-0.2, -0.15) is 0 Å². The Morgan fingerprint density at radius 1 is 0.297 bits per heavy atom. The number of fused-ring (bicyclic) bond motifs is 9. The molecule has 64 heavy (non-hydrogen) atoms. The molecule has 0 aliphatic carbocycles. The van der Waals surface area contributed by atoms with E-state index in [2.05, 4.69) is 222 Å². The van der Waals surface area contributed by atoms with Gasteiger partial charge in [-0.25, -0.2) is 0 Å². The second-order valence-corrected chi connectivity index (χ2v) is 16.5. The summed E-state index contributed by atoms with van der Waals surface area (Å²) in [6.45, 7) is 0. The van der Waals surface area contributed by atoms with E-state index in [-0.39, 0.29) is 0 Å². The third-order valence-corrected chi connectivity index (χ3v) is 12.8. The van der Waals surface area contributed by atoms with Gasteiger partial charge in [-0.3, -0.25) is 0 Å². The zero-order chi connectivity index (χ0) is 42.1. The highest BCUT2D eigenvalue weighted by Crippen LogP contribution is 2.42. The minimum atomic E-state index is 0.884. The average molecular weight is 819 g/mol. The number of rotatable bonds is 7. The molecule has 0 spiro atoms. The first-order valence-corrected chi connectivity index (χ1v) is 21.7. The molecule has 0 unspecified atom stereocenters. The van der Waals surface area contributed by atoms with Crippen molar-refractivity contribution in [3.63, 3.8) is 0 Å². The Labute approximate surface area is 369 Å². The van der Waals surface area contributed by atoms with Crippen LogP contribution in [0.1, 0.15) is 0 Å². The molecule has 0 fully saturated rings. The smallest absolute Gasteiger partial charge is 0.143 e. The van der Waals surface area contributed by atoms with E-state index in [9.17, 15) is 0 Å². The van der Waals surface area contributed by atoms with E-state index < -0.39 is 0 Å². The van der Waals surface area contributed by atoms with Crippen LogP contribution in [0.5, 0.6) is 0 Å². The molecule has 0 amide bonds. The van der Waals surface area contributed by atoms with Crippen molar-refractivity contribution in [1.82, 2.24) is 4.57 Å². The SMILES string of the molecule is c1ccc(-c2cccc3c2oc2ccc(-c4ccc(N(c5ccc(-c6ccc7c(c6)oc6ccccc67)cc5)c5ccc6c7ccccc7n(-c7ccccc7)c6c5)cc4)cc23)cc1. The number of nitrogens with zero attached hydrogens (tertiary/aromatic N) is 2. The lowest BCUT2D eigenvalue weighted by Gasteiger charge is -2.26. The van der Waals surface area contributed by atoms with Gasteiger partial charge in [-0.15, -0.1) is 0 Å². The Morgan fingerprint density at radius 3 is 1.64 bits per heavy atom. The quantitative estimate of drug-likeness (QED) is 0.161. The summed E-state index contributed by atoms with van der Waals surface area (Å²) < 4.78 is 15.2. The Kier molecular flexibility index (Phi) is 8.18. The molecule has 0 N–H and O–H groups in total. The monoisotopic (exact) mass is 818 g/mol. The number of para-hydroxylation sites is 4. The van der Waals surface area contributed by atoms with Crippen molar-refractivity contribution in [2.75, 3.05) is 4.90 Å². The molecule has 0 saturated carbocycles. The summed E-state index contributed by atoms with van der Waals surface area (Å²) in [5.74, 6) is 0. The van der Waals surface area contributed by atoms with Gasteiger partial charge in [0.25, 0.3) is 0 Å². The van der Waals surface area contributed by atoms with Crippen molar-refractivity contribution in [3.8, 4) is 39.1 Å². The summed E-state index contributed by atoms with van der Waals surface area (Å²) in [4.78, 5) is 2.36. The zero-order valence-electron chi connectivity index (χ0n) is 34.7. The molecular weight excluding hydrogens is 781 g/mol. The molecule has 4 heteroatoms. The third kappa shape index (κ3) is 5.84. The molecule has 0 atom stereocenters. The second kappa shape index (κ2) is 14.5. The average Bonchev–Trinajstić information content (AvgIpc) is 4.04. The van der Waals surface area contributed by atoms with E-state index >= 15 is 0 Å². The van der Waals surface area contributed by atoms with Crippen LogP contribution in [-0.2, 0) is 0 Å². The van der Waals surface area contributed by atoms with Gasteiger partial charge in [-0.05, 0) is 113 Å². The fraction of sp³-hybridized carbons (Fsp3) is 0. The summed E-state index contributed by atoms with van der Waals surface area (Å²) >= 11 is 0. The van der Waals surface area contributed by atoms with Gasteiger partial charge in [0.05, 0.1) is 11.0 Å². The second-order valence-electron chi connectivity index (χ2n) is 16.5. The van der Waals surface area contributed by atoms with Crippen molar-refractivity contribution in [1.29, 1.82) is 0 Å². The minimum absolute atomic E-state index is 0.884. The normalized spacial score (nSPS) is 11.8. The van der Waals surface area contributed by atoms with Crippen molar-refractivity contribution >= 4 is 82.7 Å². The first-order chi connectivity index (χ1) is 31.7. The number of anilines is 3. The maximum atomic E-state index is 6.52. The first kappa shape index (κ1) is 36.1. The van der Waals surface area contributed by atoms with Crippen LogP contribution >= 0.6 is 0 Å². The predicted octanol–water partition coefficient (Wildman–Crippen LogP) is 17.1. The number of hydrogen-bond acceptors (Lipinski definition) is 3. The molecule has 13 rings (SSSR count). The Bertz CT molecular complexity index is 3880. The number of benzene rings is 10. The Morgan fingerprint density at radius 2 is 0.859 bits per heavy atom. The zero-order valence-corrected chi connectivity index (χ0v) is 34.7. The Hall–Kier alpha value is -8.60. The Balaban J connectivity index is 0.924. The summed E-state index contributed by atoms with van der Waals surface area (Å²) in [5, 5.41) is 6.94. The van der Waals surface area contributed by atoms with E-state index in [1.165, 1.54) is 16.3 Å². The van der Waals surface area contributed by atoms with E-state index in [0.717, 1.165) is 106 Å². The summed E-state index contributed by atoms with van der Waals surface area (Å²) in [7, 11) is 0. The molecule has 4 nitrogen and oxygen atoms in total. The van der Waals surface area contributed by atoms with Crippen LogP contribution in [-0.4, -0.2) is 4.57 Å². The number of aromatic nitrogens is 1. The van der Waals surface area contributed by atoms with Gasteiger partial charge < -0.3 is 18.3 Å². The lowest BCUT2D eigenvalue weighted by atomic mass is 10.00. The molecule has 300 valence electrons. The minimum Gasteiger partial charge on any atom is -0.456 e. The first-order valence-electron chi connectivity index (χ1n) is 21.7. The van der Waals surface area contributed by atoms with Gasteiger partial charge >= 0.3 is 0 Å². The van der Waals surface area contributed by atoms with Gasteiger partial charge in [0.2, 0.25) is 0 Å². The highest BCUT2D eigenvalue weighted by molar-refractivity contribution is 6.12. The standard InChI is InChI=1S/C60H38N2O2/c1-3-12-41(13-4-1)48-18-11-19-53-54-36-42(27-35-58(54)64-60(48)53)39-22-28-45(29-23-39)61(46-30-24-40(25-31-46)43-26-33-52-51-17-8-10-21-57(51)63-59(52)37-43)47-32-34-50-49-16-7-9-20-55(49)62(56(50)38-47)44-14-5-2-6-15-44/h1-38H. The molecular formula is C60H38N2O2. The highest BCUT2D eigenvalue weighted by atomic mass is 16.3. The van der Waals surface area contributed by atoms with Gasteiger partial charge in [-0.1, -0.05) is 146 Å². The summed E-state index contributed by atoms with van der Waals surface area (Å²) in [6, 6.07) is 82.2. The molecule has 13 aromatic rings. The van der Waals surface area contributed by atoms with E-state index in [4.69, 9.17) is 8.83 Å². The van der Waals surface area contributed by atoms with Gasteiger partial charge in [0.15, 0.2) is 0 Å². The van der Waals surface area contributed by atoms with E-state index in [0.29, 0.717) is 0 Å². The number of furan rings is 2. The molecule has 10 aromatic carbocycles.